The number of anilines is 2. The average Bonchev–Trinajstić information content (AvgIpc) is 2.64. The highest BCUT2D eigenvalue weighted by atomic mass is 19.4. The zero-order valence-corrected chi connectivity index (χ0v) is 14.7. The Morgan fingerprint density at radius 1 is 1.04 bits per heavy atom. The third kappa shape index (κ3) is 3.09. The molecule has 0 aromatic heterocycles. The van der Waals surface area contributed by atoms with Gasteiger partial charge in [-0.25, -0.2) is 0 Å². The maximum atomic E-state index is 12.9. The smallest absolute Gasteiger partial charge is 0.341 e. The summed E-state index contributed by atoms with van der Waals surface area (Å²) in [5.74, 6) is -0.0828. The van der Waals surface area contributed by atoms with Gasteiger partial charge in [0.2, 0.25) is 5.91 Å². The minimum absolute atomic E-state index is 0.0828. The summed E-state index contributed by atoms with van der Waals surface area (Å²) in [7, 11) is 0. The van der Waals surface area contributed by atoms with Crippen LogP contribution in [0.4, 0.5) is 24.5 Å². The first-order valence-corrected chi connectivity index (χ1v) is 8.75. The van der Waals surface area contributed by atoms with Gasteiger partial charge in [0.25, 0.3) is 0 Å². The second kappa shape index (κ2) is 6.15. The Morgan fingerprint density at radius 2 is 1.70 bits per heavy atom. The Morgan fingerprint density at radius 3 is 2.33 bits per heavy atom. The van der Waals surface area contributed by atoms with Gasteiger partial charge in [0.05, 0.1) is 5.56 Å². The van der Waals surface area contributed by atoms with Gasteiger partial charge in [0.1, 0.15) is 0 Å². The van der Waals surface area contributed by atoms with Crippen molar-refractivity contribution in [1.82, 2.24) is 4.90 Å². The molecule has 1 fully saturated rings. The van der Waals surface area contributed by atoms with Crippen LogP contribution in [0.25, 0.3) is 0 Å². The lowest BCUT2D eigenvalue weighted by Crippen LogP contribution is -2.64. The van der Waals surface area contributed by atoms with Crippen LogP contribution in [0.2, 0.25) is 0 Å². The number of carbonyl (C=O) groups excluding carboxylic acids is 1. The Balaban J connectivity index is 1.66. The molecular formula is C21H19F3N2O. The number of rotatable bonds is 2. The summed E-state index contributed by atoms with van der Waals surface area (Å²) in [6, 6.07) is 13.2. The van der Waals surface area contributed by atoms with E-state index in [1.807, 2.05) is 24.3 Å². The van der Waals surface area contributed by atoms with Crippen molar-refractivity contribution >= 4 is 17.3 Å². The lowest BCUT2D eigenvalue weighted by molar-refractivity contribution is -0.138. The number of halogens is 3. The number of carbonyl (C=O) groups is 1. The lowest BCUT2D eigenvalue weighted by Gasteiger charge is -2.55. The fraction of sp³-hybridized carbons (Fsp3) is 0.286. The molecule has 2 aromatic carbocycles. The van der Waals surface area contributed by atoms with E-state index in [1.165, 1.54) is 18.2 Å². The van der Waals surface area contributed by atoms with Gasteiger partial charge < -0.3 is 9.80 Å². The van der Waals surface area contributed by atoms with E-state index >= 15 is 0 Å². The van der Waals surface area contributed by atoms with E-state index in [4.69, 9.17) is 0 Å². The van der Waals surface area contributed by atoms with Crippen LogP contribution in [0, 0.1) is 5.41 Å². The van der Waals surface area contributed by atoms with E-state index < -0.39 is 11.7 Å². The number of nitrogens with zero attached hydrogens (tertiary/aromatic N) is 2. The first-order chi connectivity index (χ1) is 12.8. The van der Waals surface area contributed by atoms with Crippen LogP contribution in [0.1, 0.15) is 11.1 Å². The zero-order valence-electron chi connectivity index (χ0n) is 14.7. The molecule has 3 nitrogen and oxygen atoms in total. The summed E-state index contributed by atoms with van der Waals surface area (Å²) >= 11 is 0. The van der Waals surface area contributed by atoms with Crippen LogP contribution >= 0.6 is 0 Å². The van der Waals surface area contributed by atoms with Crippen LogP contribution in [-0.2, 0) is 17.4 Å². The number of benzene rings is 2. The lowest BCUT2D eigenvalue weighted by atomic mass is 9.71. The molecule has 0 unspecified atom stereocenters. The van der Waals surface area contributed by atoms with Crippen LogP contribution in [0.15, 0.2) is 61.2 Å². The molecule has 6 heteroatoms. The van der Waals surface area contributed by atoms with E-state index in [-0.39, 0.29) is 11.3 Å². The highest BCUT2D eigenvalue weighted by molar-refractivity contribution is 5.88. The molecule has 2 heterocycles. The molecule has 0 bridgehead atoms. The first-order valence-electron chi connectivity index (χ1n) is 8.75. The highest BCUT2D eigenvalue weighted by Gasteiger charge is 2.48. The molecule has 2 aromatic rings. The number of amides is 1. The third-order valence-corrected chi connectivity index (χ3v) is 5.39. The second-order valence-electron chi connectivity index (χ2n) is 7.33. The van der Waals surface area contributed by atoms with Crippen molar-refractivity contribution in [1.29, 1.82) is 0 Å². The second-order valence-corrected chi connectivity index (χ2v) is 7.33. The van der Waals surface area contributed by atoms with Crippen LogP contribution in [0.5, 0.6) is 0 Å². The van der Waals surface area contributed by atoms with Crippen molar-refractivity contribution in [3.63, 3.8) is 0 Å². The average molecular weight is 372 g/mol. The topological polar surface area (TPSA) is 23.6 Å². The van der Waals surface area contributed by atoms with Gasteiger partial charge in [-0.1, -0.05) is 24.8 Å². The SMILES string of the molecule is C=CC(=O)N1CC2(Cc3ccccc3N(c3ccc(C(F)(F)F)cc3)C2)C1. The van der Waals surface area contributed by atoms with E-state index in [2.05, 4.69) is 11.5 Å². The monoisotopic (exact) mass is 372 g/mol. The molecule has 27 heavy (non-hydrogen) atoms. The Kier molecular flexibility index (Phi) is 4.02. The molecule has 1 saturated heterocycles. The van der Waals surface area contributed by atoms with Gasteiger partial charge in [-0.05, 0) is 48.4 Å². The summed E-state index contributed by atoms with van der Waals surface area (Å²) in [4.78, 5) is 15.7. The van der Waals surface area contributed by atoms with Gasteiger partial charge in [0, 0.05) is 36.4 Å². The predicted molar refractivity (Wildman–Crippen MR) is 97.8 cm³/mol. The van der Waals surface area contributed by atoms with Gasteiger partial charge in [0.15, 0.2) is 0 Å². The van der Waals surface area contributed by atoms with E-state index in [9.17, 15) is 18.0 Å². The van der Waals surface area contributed by atoms with Crippen LogP contribution < -0.4 is 4.90 Å². The predicted octanol–water partition coefficient (Wildman–Crippen LogP) is 4.41. The third-order valence-electron chi connectivity index (χ3n) is 5.39. The standard InChI is InChI=1S/C21H19F3N2O/c1-2-19(27)25-12-20(13-25)11-15-5-3-4-6-18(15)26(14-20)17-9-7-16(8-10-17)21(22,23)24/h2-10H,1,11-14H2. The van der Waals surface area contributed by atoms with Crippen molar-refractivity contribution in [2.45, 2.75) is 12.6 Å². The van der Waals surface area contributed by atoms with E-state index in [0.717, 1.165) is 35.5 Å². The normalized spacial score (nSPS) is 18.0. The summed E-state index contributed by atoms with van der Waals surface area (Å²) in [5, 5.41) is 0. The molecule has 140 valence electrons. The number of fused-ring (bicyclic) bond motifs is 1. The number of alkyl halides is 3. The van der Waals surface area contributed by atoms with Gasteiger partial charge in [-0.3, -0.25) is 4.79 Å². The van der Waals surface area contributed by atoms with Gasteiger partial charge >= 0.3 is 6.18 Å². The summed E-state index contributed by atoms with van der Waals surface area (Å²) < 4.78 is 38.6. The largest absolute Gasteiger partial charge is 0.416 e. The minimum Gasteiger partial charge on any atom is -0.341 e. The van der Waals surface area contributed by atoms with E-state index in [0.29, 0.717) is 19.6 Å². The van der Waals surface area contributed by atoms with Crippen molar-refractivity contribution in [2.75, 3.05) is 24.5 Å². The maximum Gasteiger partial charge on any atom is 0.416 e. The molecule has 2 aliphatic rings. The highest BCUT2D eigenvalue weighted by Crippen LogP contribution is 2.45. The molecule has 1 amide bonds. The van der Waals surface area contributed by atoms with Crippen molar-refractivity contribution in [2.24, 2.45) is 5.41 Å². The van der Waals surface area contributed by atoms with Crippen LogP contribution in [0.3, 0.4) is 0 Å². The molecule has 2 aliphatic heterocycles. The number of para-hydroxylation sites is 1. The molecule has 4 rings (SSSR count). The van der Waals surface area contributed by atoms with Gasteiger partial charge in [-0.2, -0.15) is 13.2 Å². The molecule has 0 radical (unpaired) electrons. The number of likely N-dealkylation sites (tertiary alicyclic amines) is 1. The summed E-state index contributed by atoms with van der Waals surface area (Å²) in [6.45, 7) is 5.45. The quantitative estimate of drug-likeness (QED) is 0.729. The summed E-state index contributed by atoms with van der Waals surface area (Å²) in [6.07, 6.45) is -2.18. The Bertz CT molecular complexity index is 883. The Hall–Kier alpha value is -2.76. The maximum absolute atomic E-state index is 12.9. The first kappa shape index (κ1) is 17.6. The zero-order chi connectivity index (χ0) is 19.2. The van der Waals surface area contributed by atoms with Crippen LogP contribution in [-0.4, -0.2) is 30.4 Å². The van der Waals surface area contributed by atoms with Gasteiger partial charge in [-0.15, -0.1) is 0 Å². The molecule has 0 aliphatic carbocycles. The molecule has 0 atom stereocenters. The summed E-state index contributed by atoms with van der Waals surface area (Å²) in [5.41, 5.74) is 2.14. The number of hydrogen-bond donors (Lipinski definition) is 0. The van der Waals surface area contributed by atoms with E-state index in [1.54, 1.807) is 4.90 Å². The minimum atomic E-state index is -4.35. The fourth-order valence-electron chi connectivity index (χ4n) is 4.13. The van der Waals surface area contributed by atoms with Crippen molar-refractivity contribution in [3.05, 3.63) is 72.3 Å². The number of hydrogen-bond acceptors (Lipinski definition) is 2. The molecule has 0 saturated carbocycles. The molecule has 1 spiro atoms. The Labute approximate surface area is 155 Å². The molecular weight excluding hydrogens is 353 g/mol. The molecule has 0 N–H and O–H groups in total. The van der Waals surface area contributed by atoms with Crippen molar-refractivity contribution < 1.29 is 18.0 Å². The fourth-order valence-corrected chi connectivity index (χ4v) is 4.13. The van der Waals surface area contributed by atoms with Crippen molar-refractivity contribution in [3.8, 4) is 0 Å².